The topological polar surface area (TPSA) is 241 Å². The normalized spacial score (nSPS) is 13.4. The molecule has 2 aromatic carbocycles. The van der Waals surface area contributed by atoms with Gasteiger partial charge in [0, 0.05) is 31.3 Å². The van der Waals surface area contributed by atoms with Crippen molar-refractivity contribution in [1.82, 2.24) is 15.0 Å². The third-order valence-corrected chi connectivity index (χ3v) is 6.55. The molecule has 5 rings (SSSR count). The average Bonchev–Trinajstić information content (AvgIpc) is 3.04. The third-order valence-electron chi connectivity index (χ3n) is 6.55. The van der Waals surface area contributed by atoms with Gasteiger partial charge in [-0.05, 0) is 68.4 Å². The van der Waals surface area contributed by atoms with E-state index in [2.05, 4.69) is 30.6 Å². The summed E-state index contributed by atoms with van der Waals surface area (Å²) in [5, 5.41) is 5.87. The Labute approximate surface area is 281 Å². The molecule has 0 saturated carbocycles. The number of hydrogen-bond donors (Lipinski definition) is 6. The van der Waals surface area contributed by atoms with Crippen LogP contribution < -0.4 is 47.8 Å². The van der Waals surface area contributed by atoms with Gasteiger partial charge in [-0.1, -0.05) is 12.1 Å². The van der Waals surface area contributed by atoms with E-state index in [1.54, 1.807) is 12.1 Å². The second-order valence-corrected chi connectivity index (χ2v) is 10.7. The number of halogens is 3. The molecule has 0 radical (unpaired) electrons. The van der Waals surface area contributed by atoms with Crippen molar-refractivity contribution in [3.05, 3.63) is 53.6 Å². The number of nitrogens with zero attached hydrogens (tertiary/aromatic N) is 4. The van der Waals surface area contributed by atoms with Gasteiger partial charge in [-0.2, -0.15) is 28.1 Å². The molecular formula is C31H41F3N10O5. The number of fused-ring (bicyclic) bond motifs is 10. The zero-order valence-electron chi connectivity index (χ0n) is 26.8. The van der Waals surface area contributed by atoms with E-state index in [9.17, 15) is 22.8 Å². The number of benzene rings is 2. The lowest BCUT2D eigenvalue weighted by atomic mass is 10.1. The monoisotopic (exact) mass is 690 g/mol. The highest BCUT2D eigenvalue weighted by Gasteiger charge is 2.29. The molecule has 266 valence electrons. The number of guanidine groups is 1. The fourth-order valence-corrected chi connectivity index (χ4v) is 4.19. The van der Waals surface area contributed by atoms with Gasteiger partial charge in [-0.25, -0.2) is 0 Å². The summed E-state index contributed by atoms with van der Waals surface area (Å²) in [4.78, 5) is 38.0. The molecule has 0 fully saturated rings. The van der Waals surface area contributed by atoms with Gasteiger partial charge in [-0.15, -0.1) is 0 Å². The Morgan fingerprint density at radius 1 is 0.878 bits per heavy atom. The standard InChI is InChI=1S/C25H27F3N6O4.C6H14N4O/c26-25(27,28)15-38-24-33-22-30-14-16-5-8-18(9-6-16)36-11-3-1-2-4-12-37-20-13-17(31-23(32-22)34-24)7-10-19(20)21(29)35;7-5(11)3-1-2-4-10-6(8)9/h5-10,13H,1-4,11-12,14-15H2,(H2,29,35)(H2,30,31,32,33,34);1-4H2,(H2,7,11)(H4,8,9,10). The molecule has 0 atom stereocenters. The van der Waals surface area contributed by atoms with Gasteiger partial charge in [0.1, 0.15) is 11.5 Å². The zero-order valence-corrected chi connectivity index (χ0v) is 26.8. The van der Waals surface area contributed by atoms with Crippen LogP contribution in [0.2, 0.25) is 0 Å². The van der Waals surface area contributed by atoms with E-state index in [0.717, 1.165) is 49.8 Å². The number of hydrogen-bond acceptors (Lipinski definition) is 11. The van der Waals surface area contributed by atoms with Crippen molar-refractivity contribution in [2.75, 3.05) is 37.0 Å². The molecule has 2 amide bonds. The number of carbonyl (C=O) groups excluding carboxylic acids is 2. The van der Waals surface area contributed by atoms with E-state index in [0.29, 0.717) is 31.9 Å². The molecule has 2 aliphatic heterocycles. The predicted octanol–water partition coefficient (Wildman–Crippen LogP) is 3.51. The molecule has 10 N–H and O–H groups in total. The van der Waals surface area contributed by atoms with E-state index in [1.165, 1.54) is 6.07 Å². The van der Waals surface area contributed by atoms with Gasteiger partial charge in [-0.3, -0.25) is 14.6 Å². The fourth-order valence-electron chi connectivity index (χ4n) is 4.19. The minimum absolute atomic E-state index is 0.00359. The van der Waals surface area contributed by atoms with E-state index >= 15 is 0 Å². The lowest BCUT2D eigenvalue weighted by Crippen LogP contribution is -2.23. The number of nitrogens with one attached hydrogen (secondary N) is 2. The maximum Gasteiger partial charge on any atom is 0.422 e. The van der Waals surface area contributed by atoms with Gasteiger partial charge in [0.15, 0.2) is 12.6 Å². The molecule has 1 aromatic heterocycles. The number of primary amides is 2. The summed E-state index contributed by atoms with van der Waals surface area (Å²) < 4.78 is 54.6. The largest absolute Gasteiger partial charge is 0.494 e. The molecule has 0 saturated heterocycles. The number of alkyl halides is 3. The summed E-state index contributed by atoms with van der Waals surface area (Å²) in [6.07, 6.45) is 0.865. The Balaban J connectivity index is 0.000000509. The quantitative estimate of drug-likeness (QED) is 0.113. The summed E-state index contributed by atoms with van der Waals surface area (Å²) >= 11 is 0. The number of aliphatic imine (C=N–C) groups is 1. The highest BCUT2D eigenvalue weighted by atomic mass is 19.4. The lowest BCUT2D eigenvalue weighted by molar-refractivity contribution is -0.154. The number of ether oxygens (including phenoxy) is 3. The van der Waals surface area contributed by atoms with Crippen molar-refractivity contribution in [2.24, 2.45) is 27.9 Å². The Morgan fingerprint density at radius 3 is 2.22 bits per heavy atom. The van der Waals surface area contributed by atoms with Crippen molar-refractivity contribution in [3.63, 3.8) is 0 Å². The fraction of sp³-hybridized carbons (Fsp3) is 0.419. The number of carbonyl (C=O) groups is 2. The molecular weight excluding hydrogens is 649 g/mol. The SMILES string of the molecule is NC(=O)CCCCN=C(N)N.NC(=O)c1ccc2cc1OCCCCCCOc1ccc(cc1)CNc1nc(nc(OCC(F)(F)F)n1)N2. The minimum Gasteiger partial charge on any atom is -0.494 e. The van der Waals surface area contributed by atoms with Crippen molar-refractivity contribution < 1.29 is 37.0 Å². The van der Waals surface area contributed by atoms with Gasteiger partial charge >= 0.3 is 12.2 Å². The molecule has 6 bridgehead atoms. The average molecular weight is 691 g/mol. The number of aromatic nitrogens is 3. The summed E-state index contributed by atoms with van der Waals surface area (Å²) in [5.41, 5.74) is 22.0. The van der Waals surface area contributed by atoms with Crippen molar-refractivity contribution >= 4 is 35.4 Å². The van der Waals surface area contributed by atoms with Crippen LogP contribution in [-0.2, 0) is 11.3 Å². The van der Waals surface area contributed by atoms with Crippen molar-refractivity contribution in [1.29, 1.82) is 0 Å². The van der Waals surface area contributed by atoms with Crippen LogP contribution in [0.5, 0.6) is 17.5 Å². The smallest absolute Gasteiger partial charge is 0.422 e. The molecule has 49 heavy (non-hydrogen) atoms. The first-order valence-corrected chi connectivity index (χ1v) is 15.5. The molecule has 18 heteroatoms. The Hall–Kier alpha value is -5.55. The molecule has 3 aromatic rings. The van der Waals surface area contributed by atoms with Gasteiger partial charge < -0.3 is 47.8 Å². The van der Waals surface area contributed by atoms with Crippen LogP contribution in [0, 0.1) is 0 Å². The van der Waals surface area contributed by atoms with Crippen LogP contribution in [0.1, 0.15) is 60.9 Å². The van der Waals surface area contributed by atoms with Gasteiger partial charge in [0.25, 0.3) is 5.91 Å². The first kappa shape index (κ1) is 37.9. The first-order chi connectivity index (χ1) is 23.4. The molecule has 0 spiro atoms. The minimum atomic E-state index is -4.57. The van der Waals surface area contributed by atoms with E-state index in [-0.39, 0.29) is 41.6 Å². The molecule has 15 nitrogen and oxygen atoms in total. The lowest BCUT2D eigenvalue weighted by Gasteiger charge is -2.14. The van der Waals surface area contributed by atoms with Crippen molar-refractivity contribution in [3.8, 4) is 17.5 Å². The summed E-state index contributed by atoms with van der Waals surface area (Å²) in [6, 6.07) is 11.5. The maximum absolute atomic E-state index is 12.7. The van der Waals surface area contributed by atoms with Gasteiger partial charge in [0.2, 0.25) is 17.8 Å². The summed E-state index contributed by atoms with van der Waals surface area (Å²) in [6.45, 7) is 0.222. The Kier molecular flexibility index (Phi) is 14.9. The number of amides is 2. The number of anilines is 3. The summed E-state index contributed by atoms with van der Waals surface area (Å²) in [7, 11) is 0. The molecule has 3 heterocycles. The zero-order chi connectivity index (χ0) is 35.6. The predicted molar refractivity (Wildman–Crippen MR) is 177 cm³/mol. The number of nitrogens with two attached hydrogens (primary N) is 4. The maximum atomic E-state index is 12.7. The van der Waals surface area contributed by atoms with Crippen LogP contribution >= 0.6 is 0 Å². The van der Waals surface area contributed by atoms with Crippen LogP contribution in [0.4, 0.5) is 30.8 Å². The van der Waals surface area contributed by atoms with E-state index in [4.69, 9.17) is 37.1 Å². The number of unbranched alkanes of at least 4 members (excludes halogenated alkanes) is 1. The van der Waals surface area contributed by atoms with Crippen molar-refractivity contribution in [2.45, 2.75) is 57.7 Å². The van der Waals surface area contributed by atoms with E-state index in [1.807, 2.05) is 24.3 Å². The van der Waals surface area contributed by atoms with Crippen LogP contribution in [-0.4, -0.2) is 65.3 Å². The second kappa shape index (κ2) is 19.3. The summed E-state index contributed by atoms with van der Waals surface area (Å²) in [5.74, 6) is 0.0625. The Morgan fingerprint density at radius 2 is 1.57 bits per heavy atom. The van der Waals surface area contributed by atoms with Gasteiger partial charge in [0.05, 0.1) is 18.8 Å². The van der Waals surface area contributed by atoms with Crippen LogP contribution in [0.25, 0.3) is 0 Å². The van der Waals surface area contributed by atoms with Crippen LogP contribution in [0.15, 0.2) is 47.5 Å². The molecule has 0 unspecified atom stereocenters. The molecule has 0 aliphatic carbocycles. The van der Waals surface area contributed by atoms with Crippen LogP contribution in [0.3, 0.4) is 0 Å². The number of rotatable bonds is 8. The van der Waals surface area contributed by atoms with E-state index < -0.39 is 24.7 Å². The third kappa shape index (κ3) is 15.3. The first-order valence-electron chi connectivity index (χ1n) is 15.5. The second-order valence-electron chi connectivity index (χ2n) is 10.7. The Bertz CT molecular complexity index is 1540. The highest BCUT2D eigenvalue weighted by molar-refractivity contribution is 5.96. The molecule has 2 aliphatic rings. The highest BCUT2D eigenvalue weighted by Crippen LogP contribution is 2.27.